The number of ether oxygens (including phenoxy) is 2. The van der Waals surface area contributed by atoms with Gasteiger partial charge in [0.15, 0.2) is 0 Å². The van der Waals surface area contributed by atoms with Gasteiger partial charge in [-0.2, -0.15) is 0 Å². The van der Waals surface area contributed by atoms with Crippen LogP contribution in [-0.4, -0.2) is 45.2 Å². The number of hydrogen-bond donors (Lipinski definition) is 2. The zero-order chi connectivity index (χ0) is 22.3. The molecule has 2 aromatic rings. The van der Waals surface area contributed by atoms with Gasteiger partial charge in [0, 0.05) is 37.0 Å². The van der Waals surface area contributed by atoms with Gasteiger partial charge in [0.25, 0.3) is 5.91 Å². The van der Waals surface area contributed by atoms with Crippen molar-refractivity contribution in [3.63, 3.8) is 0 Å². The molecule has 1 unspecified atom stereocenters. The topological polar surface area (TPSA) is 107 Å². The Morgan fingerprint density at radius 2 is 2.19 bits per heavy atom. The molecule has 0 bridgehead atoms. The summed E-state index contributed by atoms with van der Waals surface area (Å²) in [5.74, 6) is 0.0277. The van der Waals surface area contributed by atoms with Crippen LogP contribution in [0.2, 0.25) is 5.02 Å². The van der Waals surface area contributed by atoms with E-state index in [1.807, 2.05) is 13.0 Å². The lowest BCUT2D eigenvalue weighted by Crippen LogP contribution is -2.32. The van der Waals surface area contributed by atoms with Gasteiger partial charge < -0.3 is 14.8 Å². The first-order valence-electron chi connectivity index (χ1n) is 10.2. The summed E-state index contributed by atoms with van der Waals surface area (Å²) in [6.07, 6.45) is 4.02. The van der Waals surface area contributed by atoms with Crippen molar-refractivity contribution in [3.05, 3.63) is 52.7 Å². The second-order valence-corrected chi connectivity index (χ2v) is 9.27. The van der Waals surface area contributed by atoms with Crippen LogP contribution in [0.4, 0.5) is 0 Å². The third-order valence-corrected chi connectivity index (χ3v) is 6.65. The lowest BCUT2D eigenvalue weighted by Gasteiger charge is -2.14. The van der Waals surface area contributed by atoms with Crippen molar-refractivity contribution in [2.45, 2.75) is 43.7 Å². The number of sulfonamides is 1. The number of nitrogens with zero attached hydrogens (tertiary/aromatic N) is 1. The van der Waals surface area contributed by atoms with Crippen LogP contribution in [0.15, 0.2) is 41.4 Å². The molecule has 8 nitrogen and oxygen atoms in total. The summed E-state index contributed by atoms with van der Waals surface area (Å²) >= 11 is 6.12. The summed E-state index contributed by atoms with van der Waals surface area (Å²) in [5, 5.41) is 2.81. The number of aromatic nitrogens is 1. The number of amides is 1. The molecule has 168 valence electrons. The highest BCUT2D eigenvalue weighted by molar-refractivity contribution is 7.89. The summed E-state index contributed by atoms with van der Waals surface area (Å²) in [5.41, 5.74) is 0.908. The average molecular weight is 468 g/mol. The van der Waals surface area contributed by atoms with E-state index >= 15 is 0 Å². The number of hydrogen-bond acceptors (Lipinski definition) is 6. The van der Waals surface area contributed by atoms with Crippen LogP contribution >= 0.6 is 11.6 Å². The summed E-state index contributed by atoms with van der Waals surface area (Å²) < 4.78 is 39.0. The Morgan fingerprint density at radius 3 is 2.94 bits per heavy atom. The molecule has 1 fully saturated rings. The normalized spacial score (nSPS) is 16.3. The molecular formula is C21H26ClN3O5S. The fourth-order valence-corrected chi connectivity index (χ4v) is 4.69. The molecular weight excluding hydrogens is 442 g/mol. The van der Waals surface area contributed by atoms with Gasteiger partial charge >= 0.3 is 0 Å². The number of carbonyl (C=O) groups excluding carboxylic acids is 1. The van der Waals surface area contributed by atoms with Crippen LogP contribution in [-0.2, 0) is 21.3 Å². The number of rotatable bonds is 10. The van der Waals surface area contributed by atoms with E-state index in [-0.39, 0.29) is 34.7 Å². The fraction of sp³-hybridized carbons (Fsp3) is 0.429. The smallest absolute Gasteiger partial charge is 0.251 e. The second-order valence-electron chi connectivity index (χ2n) is 7.13. The highest BCUT2D eigenvalue weighted by atomic mass is 35.5. The molecule has 2 heterocycles. The molecule has 1 aliphatic heterocycles. The fourth-order valence-electron chi connectivity index (χ4n) is 3.10. The lowest BCUT2D eigenvalue weighted by atomic mass is 10.2. The van der Waals surface area contributed by atoms with Crippen molar-refractivity contribution < 1.29 is 22.7 Å². The van der Waals surface area contributed by atoms with Crippen LogP contribution in [0.5, 0.6) is 5.88 Å². The first-order valence-corrected chi connectivity index (χ1v) is 12.0. The molecule has 1 atom stereocenters. The van der Waals surface area contributed by atoms with Gasteiger partial charge in [-0.05, 0) is 43.5 Å². The largest absolute Gasteiger partial charge is 0.477 e. The van der Waals surface area contributed by atoms with E-state index in [9.17, 15) is 13.2 Å². The van der Waals surface area contributed by atoms with Crippen LogP contribution in [0.25, 0.3) is 0 Å². The lowest BCUT2D eigenvalue weighted by molar-refractivity contribution is 0.0950. The van der Waals surface area contributed by atoms with E-state index in [2.05, 4.69) is 15.0 Å². The molecule has 1 aromatic heterocycles. The van der Waals surface area contributed by atoms with E-state index in [0.717, 1.165) is 24.8 Å². The Bertz CT molecular complexity index is 1010. The highest BCUT2D eigenvalue weighted by Gasteiger charge is 2.23. The molecule has 31 heavy (non-hydrogen) atoms. The van der Waals surface area contributed by atoms with Crippen molar-refractivity contribution in [2.24, 2.45) is 0 Å². The van der Waals surface area contributed by atoms with Crippen molar-refractivity contribution >= 4 is 27.5 Å². The van der Waals surface area contributed by atoms with Gasteiger partial charge in [0.1, 0.15) is 4.90 Å². The predicted molar refractivity (Wildman–Crippen MR) is 117 cm³/mol. The maximum absolute atomic E-state index is 12.7. The van der Waals surface area contributed by atoms with Crippen LogP contribution in [0.3, 0.4) is 0 Å². The third kappa shape index (κ3) is 6.39. The molecule has 1 amide bonds. The predicted octanol–water partition coefficient (Wildman–Crippen LogP) is 2.91. The minimum absolute atomic E-state index is 0.0406. The Kier molecular flexibility index (Phi) is 8.25. The van der Waals surface area contributed by atoms with Crippen LogP contribution in [0, 0.1) is 0 Å². The second kappa shape index (κ2) is 10.9. The number of nitrogens with one attached hydrogen (secondary N) is 2. The number of carbonyl (C=O) groups is 1. The van der Waals surface area contributed by atoms with Gasteiger partial charge in [-0.15, -0.1) is 0 Å². The SMILES string of the molecule is CCCOc1ncccc1CNC(=O)c1ccc(Cl)c(S(=O)(=O)NCC2CCCO2)c1. The molecule has 10 heteroatoms. The minimum atomic E-state index is -3.89. The highest BCUT2D eigenvalue weighted by Crippen LogP contribution is 2.23. The van der Waals surface area contributed by atoms with Gasteiger partial charge in [-0.3, -0.25) is 4.79 Å². The standard InChI is InChI=1S/C21H26ClN3O5S/c1-2-10-30-21-16(5-3-9-23-21)13-24-20(26)15-7-8-18(22)19(12-15)31(27,28)25-14-17-6-4-11-29-17/h3,5,7-9,12,17,25H,2,4,6,10-11,13-14H2,1H3,(H,24,26). The number of halogens is 1. The quantitative estimate of drug-likeness (QED) is 0.556. The summed E-state index contributed by atoms with van der Waals surface area (Å²) in [4.78, 5) is 16.7. The van der Waals surface area contributed by atoms with E-state index in [1.54, 1.807) is 12.3 Å². The monoisotopic (exact) mass is 467 g/mol. The Hall–Kier alpha value is -2.20. The molecule has 1 aromatic carbocycles. The molecule has 1 saturated heterocycles. The maximum Gasteiger partial charge on any atom is 0.251 e. The van der Waals surface area contributed by atoms with Gasteiger partial charge in [-0.25, -0.2) is 18.1 Å². The van der Waals surface area contributed by atoms with Crippen molar-refractivity contribution in [1.29, 1.82) is 0 Å². The zero-order valence-corrected chi connectivity index (χ0v) is 18.8. The van der Waals surface area contributed by atoms with Gasteiger partial charge in [-0.1, -0.05) is 24.6 Å². The van der Waals surface area contributed by atoms with E-state index < -0.39 is 15.9 Å². The summed E-state index contributed by atoms with van der Waals surface area (Å²) in [7, 11) is -3.89. The Balaban J connectivity index is 1.68. The summed E-state index contributed by atoms with van der Waals surface area (Å²) in [6.45, 7) is 3.50. The van der Waals surface area contributed by atoms with Gasteiger partial charge in [0.2, 0.25) is 15.9 Å². The van der Waals surface area contributed by atoms with E-state index in [1.165, 1.54) is 18.2 Å². The van der Waals surface area contributed by atoms with E-state index in [0.29, 0.717) is 19.1 Å². The average Bonchev–Trinajstić information content (AvgIpc) is 3.29. The minimum Gasteiger partial charge on any atom is -0.477 e. The number of benzene rings is 1. The first-order chi connectivity index (χ1) is 14.9. The van der Waals surface area contributed by atoms with Crippen LogP contribution in [0.1, 0.15) is 42.1 Å². The first kappa shape index (κ1) is 23.5. The van der Waals surface area contributed by atoms with Crippen molar-refractivity contribution in [1.82, 2.24) is 15.0 Å². The molecule has 3 rings (SSSR count). The summed E-state index contributed by atoms with van der Waals surface area (Å²) in [6, 6.07) is 7.72. The van der Waals surface area contributed by atoms with Gasteiger partial charge in [0.05, 0.1) is 17.7 Å². The molecule has 2 N–H and O–H groups in total. The van der Waals surface area contributed by atoms with E-state index in [4.69, 9.17) is 21.1 Å². The molecule has 0 radical (unpaired) electrons. The van der Waals surface area contributed by atoms with Crippen molar-refractivity contribution in [3.8, 4) is 5.88 Å². The Labute approximate surface area is 187 Å². The zero-order valence-electron chi connectivity index (χ0n) is 17.3. The molecule has 1 aliphatic rings. The number of pyridine rings is 1. The molecule has 0 aliphatic carbocycles. The maximum atomic E-state index is 12.7. The van der Waals surface area contributed by atoms with Crippen molar-refractivity contribution in [2.75, 3.05) is 19.8 Å². The Morgan fingerprint density at radius 1 is 1.35 bits per heavy atom. The third-order valence-electron chi connectivity index (χ3n) is 4.74. The molecule has 0 spiro atoms. The molecule has 0 saturated carbocycles. The van der Waals surface area contributed by atoms with Crippen LogP contribution < -0.4 is 14.8 Å².